The van der Waals surface area contributed by atoms with Crippen molar-refractivity contribution in [1.29, 1.82) is 0 Å². The van der Waals surface area contributed by atoms with Crippen molar-refractivity contribution in [2.24, 2.45) is 0 Å². The van der Waals surface area contributed by atoms with Gasteiger partial charge in [0.15, 0.2) is 10.3 Å². The Balaban J connectivity index is 0.000000199. The number of aromatic nitrogens is 2. The Morgan fingerprint density at radius 1 is 0.582 bits per heavy atom. The number of hydrogen-bond acceptors (Lipinski definition) is 11. The van der Waals surface area contributed by atoms with Gasteiger partial charge in [0.05, 0.1) is 39.2 Å². The number of alkyl halides is 6. The number of anilines is 2. The summed E-state index contributed by atoms with van der Waals surface area (Å²) in [6, 6.07) is 20.5. The van der Waals surface area contributed by atoms with E-state index in [2.05, 4.69) is 29.0 Å². The van der Waals surface area contributed by atoms with E-state index in [4.69, 9.17) is 27.9 Å². The van der Waals surface area contributed by atoms with Crippen LogP contribution in [-0.2, 0) is 38.8 Å². The van der Waals surface area contributed by atoms with E-state index >= 15 is 0 Å². The molecule has 0 atom stereocenters. The van der Waals surface area contributed by atoms with Crippen LogP contribution in [0.3, 0.4) is 0 Å². The molecule has 0 N–H and O–H groups in total. The van der Waals surface area contributed by atoms with Crippen LogP contribution >= 0.6 is 45.9 Å². The van der Waals surface area contributed by atoms with Crippen molar-refractivity contribution in [1.82, 2.24) is 18.6 Å². The fourth-order valence-electron chi connectivity index (χ4n) is 7.16. The van der Waals surface area contributed by atoms with E-state index in [1.54, 1.807) is 0 Å². The molecule has 0 spiro atoms. The normalized spacial score (nSPS) is 15.6. The Morgan fingerprint density at radius 3 is 1.33 bits per heavy atom. The fourth-order valence-corrected chi connectivity index (χ4v) is 12.8. The molecule has 11 nitrogen and oxygen atoms in total. The molecule has 2 fully saturated rings. The van der Waals surface area contributed by atoms with Crippen LogP contribution < -0.4 is 14.5 Å². The van der Waals surface area contributed by atoms with E-state index in [1.165, 1.54) is 32.5 Å². The third kappa shape index (κ3) is 11.7. The van der Waals surface area contributed by atoms with E-state index in [1.807, 2.05) is 63.9 Å². The number of rotatable bonds is 11. The van der Waals surface area contributed by atoms with E-state index in [0.717, 1.165) is 73.5 Å². The number of hydrogen-bond donors (Lipinski definition) is 0. The summed E-state index contributed by atoms with van der Waals surface area (Å²) >= 11 is 14.8. The molecule has 4 aromatic carbocycles. The lowest BCUT2D eigenvalue weighted by Crippen LogP contribution is -2.48. The average Bonchev–Trinajstić information content (AvgIpc) is 4.01. The van der Waals surface area contributed by atoms with Crippen LogP contribution in [0.25, 0.3) is 22.5 Å². The van der Waals surface area contributed by atoms with Gasteiger partial charge in [-0.15, -0.1) is 22.7 Å². The summed E-state index contributed by atoms with van der Waals surface area (Å²) in [5.74, 6) is 0.778. The molecule has 2 aliphatic rings. The number of sulfonamides is 2. The molecule has 2 aromatic heterocycles. The van der Waals surface area contributed by atoms with Gasteiger partial charge in [-0.05, 0) is 79.6 Å². The van der Waals surface area contributed by atoms with Crippen LogP contribution in [-0.4, -0.2) is 94.4 Å². The Bertz CT molecular complexity index is 2890. The van der Waals surface area contributed by atoms with E-state index < -0.39 is 53.3 Å². The van der Waals surface area contributed by atoms with Gasteiger partial charge >= 0.3 is 12.4 Å². The standard InChI is InChI=1S/C22H21ClF3N3O3S2.C22H21ClF3N3O2S2/c1-2-32-17-6-3-15(4-7-17)19-14-33-21(27-19)28-9-11-29(12-10-28)34(30,31)20-13-16(22(24,25)26)5-8-18(20)23;1-2-15-3-5-16(6-4-15)19-14-32-21(27-19)28-9-11-29(12-10-28)33(30,31)20-13-17(22(24,25)26)7-8-18(20)23/h3-8,13-14H,2,9-12H2,1H3;3-8,13-14H,2,9-12H2,1H3. The maximum atomic E-state index is 13.1. The van der Waals surface area contributed by atoms with Crippen LogP contribution in [0, 0.1) is 0 Å². The van der Waals surface area contributed by atoms with Crippen LogP contribution in [0.1, 0.15) is 30.5 Å². The lowest BCUT2D eigenvalue weighted by Gasteiger charge is -2.34. The lowest BCUT2D eigenvalue weighted by molar-refractivity contribution is -0.138. The van der Waals surface area contributed by atoms with Crippen molar-refractivity contribution in [3.8, 4) is 28.3 Å². The highest BCUT2D eigenvalue weighted by Crippen LogP contribution is 2.37. The van der Waals surface area contributed by atoms with Gasteiger partial charge in [-0.3, -0.25) is 0 Å². The zero-order valence-electron chi connectivity index (χ0n) is 35.7. The SMILES string of the molecule is CCOc1ccc(-c2csc(N3CCN(S(=O)(=O)c4cc(C(F)(F)F)ccc4Cl)CC3)n2)cc1.CCc1ccc(-c2csc(N3CCN(S(=O)(=O)c4cc(C(F)(F)F)ccc4Cl)CC3)n2)cc1. The molecule has 23 heteroatoms. The van der Waals surface area contributed by atoms with Crippen LogP contribution in [0.4, 0.5) is 36.6 Å². The van der Waals surface area contributed by atoms with Gasteiger partial charge in [-0.1, -0.05) is 54.4 Å². The minimum atomic E-state index is -4.67. The molecule has 4 heterocycles. The van der Waals surface area contributed by atoms with Crippen LogP contribution in [0.15, 0.2) is 105 Å². The molecule has 0 amide bonds. The first-order valence-electron chi connectivity index (χ1n) is 20.7. The number of benzene rings is 4. The molecule has 0 unspecified atom stereocenters. The first kappa shape index (κ1) is 50.4. The predicted molar refractivity (Wildman–Crippen MR) is 250 cm³/mol. The second-order valence-electron chi connectivity index (χ2n) is 15.1. The molecule has 0 aliphatic carbocycles. The minimum Gasteiger partial charge on any atom is -0.494 e. The van der Waals surface area contributed by atoms with Gasteiger partial charge in [0.25, 0.3) is 0 Å². The van der Waals surface area contributed by atoms with E-state index in [9.17, 15) is 43.2 Å². The summed E-state index contributed by atoms with van der Waals surface area (Å²) in [5.41, 5.74) is 2.73. The van der Waals surface area contributed by atoms with Crippen molar-refractivity contribution in [2.75, 3.05) is 68.8 Å². The molecular weight excluding hydrogens is 1010 g/mol. The maximum absolute atomic E-state index is 13.1. The van der Waals surface area contributed by atoms with Crippen LogP contribution in [0.5, 0.6) is 5.75 Å². The summed E-state index contributed by atoms with van der Waals surface area (Å²) in [4.78, 5) is 12.2. The van der Waals surface area contributed by atoms with Gasteiger partial charge in [0.1, 0.15) is 15.5 Å². The molecule has 0 saturated carbocycles. The Hall–Kier alpha value is -4.48. The zero-order valence-corrected chi connectivity index (χ0v) is 40.5. The molecule has 0 radical (unpaired) electrons. The predicted octanol–water partition coefficient (Wildman–Crippen LogP) is 10.9. The van der Waals surface area contributed by atoms with Crippen LogP contribution in [0.2, 0.25) is 10.0 Å². The molecular formula is C44H42Cl2F6N6O5S4. The van der Waals surface area contributed by atoms with Crippen molar-refractivity contribution in [2.45, 2.75) is 42.4 Å². The quantitative estimate of drug-likeness (QED) is 0.117. The number of thiazole rings is 2. The topological polar surface area (TPSA) is 116 Å². The highest BCUT2D eigenvalue weighted by atomic mass is 35.5. The summed E-state index contributed by atoms with van der Waals surface area (Å²) in [5, 5.41) is 4.94. The molecule has 67 heavy (non-hydrogen) atoms. The molecule has 358 valence electrons. The third-order valence-corrected chi connectivity index (χ3v) is 17.4. The highest BCUT2D eigenvalue weighted by molar-refractivity contribution is 7.89. The number of nitrogens with zero attached hydrogens (tertiary/aromatic N) is 6. The number of aryl methyl sites for hydroxylation is 1. The fraction of sp³-hybridized carbons (Fsp3) is 0.318. The Kier molecular flexibility index (Phi) is 15.5. The first-order valence-corrected chi connectivity index (χ1v) is 26.1. The monoisotopic (exact) mass is 1050 g/mol. The van der Waals surface area contributed by atoms with E-state index in [0.29, 0.717) is 44.9 Å². The first-order chi connectivity index (χ1) is 31.7. The maximum Gasteiger partial charge on any atom is 0.416 e. The Labute approximate surface area is 402 Å². The second kappa shape index (κ2) is 20.6. The summed E-state index contributed by atoms with van der Waals surface area (Å²) < 4.78 is 138. The van der Waals surface area contributed by atoms with E-state index in [-0.39, 0.29) is 36.2 Å². The van der Waals surface area contributed by atoms with Gasteiger partial charge in [0.2, 0.25) is 20.0 Å². The summed E-state index contributed by atoms with van der Waals surface area (Å²) in [6.07, 6.45) is -8.37. The number of piperazine rings is 2. The Morgan fingerprint density at radius 2 is 0.970 bits per heavy atom. The van der Waals surface area contributed by atoms with Crippen molar-refractivity contribution >= 4 is 76.2 Å². The second-order valence-corrected chi connectivity index (χ2v) is 21.4. The lowest BCUT2D eigenvalue weighted by atomic mass is 10.1. The smallest absolute Gasteiger partial charge is 0.416 e. The minimum absolute atomic E-state index is 0.104. The zero-order chi connectivity index (χ0) is 48.3. The average molecular weight is 1050 g/mol. The molecule has 6 aromatic rings. The third-order valence-electron chi connectivity index (χ3n) is 10.9. The largest absolute Gasteiger partial charge is 0.494 e. The molecule has 8 rings (SSSR count). The number of halogens is 8. The highest BCUT2D eigenvalue weighted by Gasteiger charge is 2.37. The van der Waals surface area contributed by atoms with Gasteiger partial charge in [-0.25, -0.2) is 26.8 Å². The summed E-state index contributed by atoms with van der Waals surface area (Å²) in [6.45, 7) is 6.50. The molecule has 0 bridgehead atoms. The summed E-state index contributed by atoms with van der Waals surface area (Å²) in [7, 11) is -8.35. The van der Waals surface area contributed by atoms with Crippen molar-refractivity contribution < 1.29 is 47.9 Å². The molecule has 2 saturated heterocycles. The number of ether oxygens (including phenoxy) is 1. The van der Waals surface area contributed by atoms with Crippen molar-refractivity contribution in [3.63, 3.8) is 0 Å². The van der Waals surface area contributed by atoms with Gasteiger partial charge in [0, 0.05) is 74.2 Å². The molecule has 2 aliphatic heterocycles. The van der Waals surface area contributed by atoms with Gasteiger partial charge in [-0.2, -0.15) is 35.0 Å². The van der Waals surface area contributed by atoms with Gasteiger partial charge < -0.3 is 14.5 Å². The van der Waals surface area contributed by atoms with Crippen molar-refractivity contribution in [3.05, 3.63) is 122 Å².